The minimum atomic E-state index is -3.68. The number of hydrogen-bond acceptors (Lipinski definition) is 2. The lowest BCUT2D eigenvalue weighted by Gasteiger charge is -2.16. The Morgan fingerprint density at radius 1 is 1.38 bits per heavy atom. The smallest absolute Gasteiger partial charge is 0.260 e. The zero-order chi connectivity index (χ0) is 10.1. The van der Waals surface area contributed by atoms with Crippen molar-refractivity contribution in [3.8, 4) is 0 Å². The molecule has 1 aromatic carbocycles. The minimum Gasteiger partial charge on any atom is -0.260 e. The zero-order valence-corrected chi connectivity index (χ0v) is 9.34. The number of halogens is 1. The van der Waals surface area contributed by atoms with E-state index in [4.69, 9.17) is 5.14 Å². The first kappa shape index (κ1) is 10.5. The number of para-hydroxylation sites is 1. The lowest BCUT2D eigenvalue weighted by atomic mass is 10.3. The predicted octanol–water partition coefficient (Wildman–Crippen LogP) is 1.09. The molecular weight excluding hydrogens is 256 g/mol. The van der Waals surface area contributed by atoms with Crippen molar-refractivity contribution in [1.82, 2.24) is 0 Å². The summed E-state index contributed by atoms with van der Waals surface area (Å²) in [6.07, 6.45) is 0. The first-order valence-corrected chi connectivity index (χ1v) is 5.73. The van der Waals surface area contributed by atoms with E-state index in [0.29, 0.717) is 10.2 Å². The van der Waals surface area contributed by atoms with Crippen molar-refractivity contribution in [2.75, 3.05) is 11.4 Å². The lowest BCUT2D eigenvalue weighted by Crippen LogP contribution is -2.33. The van der Waals surface area contributed by atoms with Gasteiger partial charge in [0.1, 0.15) is 0 Å². The summed E-state index contributed by atoms with van der Waals surface area (Å²) < 4.78 is 23.6. The summed E-state index contributed by atoms with van der Waals surface area (Å²) in [6.45, 7) is 0. The van der Waals surface area contributed by atoms with Gasteiger partial charge in [0.2, 0.25) is 0 Å². The fraction of sp³-hybridized carbons (Fsp3) is 0.143. The maximum atomic E-state index is 11.0. The average molecular weight is 265 g/mol. The van der Waals surface area contributed by atoms with E-state index in [1.165, 1.54) is 7.05 Å². The molecule has 0 saturated carbocycles. The number of nitrogens with zero attached hydrogens (tertiary/aromatic N) is 1. The van der Waals surface area contributed by atoms with Crippen molar-refractivity contribution >= 4 is 31.8 Å². The summed E-state index contributed by atoms with van der Waals surface area (Å²) in [7, 11) is -2.28. The van der Waals surface area contributed by atoms with Crippen LogP contribution in [0, 0.1) is 0 Å². The second-order valence-corrected chi connectivity index (χ2v) is 4.90. The Labute approximate surface area is 85.7 Å². The molecule has 2 N–H and O–H groups in total. The van der Waals surface area contributed by atoms with Crippen LogP contribution in [-0.4, -0.2) is 15.5 Å². The van der Waals surface area contributed by atoms with Gasteiger partial charge in [-0.05, 0) is 28.1 Å². The fourth-order valence-corrected chi connectivity index (χ4v) is 1.95. The highest BCUT2D eigenvalue weighted by molar-refractivity contribution is 9.10. The Morgan fingerprint density at radius 2 is 1.92 bits per heavy atom. The summed E-state index contributed by atoms with van der Waals surface area (Å²) in [6, 6.07) is 6.94. The average Bonchev–Trinajstić information content (AvgIpc) is 2.02. The van der Waals surface area contributed by atoms with Gasteiger partial charge in [0.25, 0.3) is 10.2 Å². The van der Waals surface area contributed by atoms with Crippen molar-refractivity contribution in [3.05, 3.63) is 28.7 Å². The van der Waals surface area contributed by atoms with Crippen LogP contribution in [0.3, 0.4) is 0 Å². The number of anilines is 1. The molecule has 0 saturated heterocycles. The third kappa shape index (κ3) is 2.43. The Morgan fingerprint density at radius 3 is 2.38 bits per heavy atom. The highest BCUT2D eigenvalue weighted by Crippen LogP contribution is 2.25. The summed E-state index contributed by atoms with van der Waals surface area (Å²) in [5, 5.41) is 4.96. The second kappa shape index (κ2) is 3.65. The maximum absolute atomic E-state index is 11.0. The van der Waals surface area contributed by atoms with E-state index in [-0.39, 0.29) is 0 Å². The molecule has 4 nitrogen and oxygen atoms in total. The molecule has 0 aliphatic rings. The van der Waals surface area contributed by atoms with Crippen molar-refractivity contribution in [2.45, 2.75) is 0 Å². The highest BCUT2D eigenvalue weighted by Gasteiger charge is 2.14. The molecule has 0 aliphatic heterocycles. The fourth-order valence-electron chi connectivity index (χ4n) is 0.844. The van der Waals surface area contributed by atoms with Crippen LogP contribution in [0.1, 0.15) is 0 Å². The molecule has 0 bridgehead atoms. The zero-order valence-electron chi connectivity index (χ0n) is 6.94. The third-order valence-corrected chi connectivity index (χ3v) is 3.20. The second-order valence-electron chi connectivity index (χ2n) is 2.46. The molecule has 0 aliphatic carbocycles. The maximum Gasteiger partial charge on any atom is 0.298 e. The van der Waals surface area contributed by atoms with Gasteiger partial charge in [-0.25, -0.2) is 5.14 Å². The monoisotopic (exact) mass is 264 g/mol. The van der Waals surface area contributed by atoms with Gasteiger partial charge < -0.3 is 0 Å². The largest absolute Gasteiger partial charge is 0.298 e. The van der Waals surface area contributed by atoms with E-state index in [0.717, 1.165) is 4.31 Å². The van der Waals surface area contributed by atoms with Crippen LogP contribution >= 0.6 is 15.9 Å². The van der Waals surface area contributed by atoms with E-state index in [2.05, 4.69) is 15.9 Å². The number of rotatable bonds is 2. The van der Waals surface area contributed by atoms with E-state index in [1.807, 2.05) is 0 Å². The molecule has 6 heteroatoms. The van der Waals surface area contributed by atoms with Gasteiger partial charge in [-0.3, -0.25) is 4.31 Å². The first-order valence-electron chi connectivity index (χ1n) is 3.44. The number of nitrogens with two attached hydrogens (primary N) is 1. The van der Waals surface area contributed by atoms with Crippen LogP contribution in [0.2, 0.25) is 0 Å². The predicted molar refractivity (Wildman–Crippen MR) is 55.7 cm³/mol. The quantitative estimate of drug-likeness (QED) is 0.869. The molecule has 0 amide bonds. The van der Waals surface area contributed by atoms with Crippen LogP contribution in [0.4, 0.5) is 5.69 Å². The van der Waals surface area contributed by atoms with Gasteiger partial charge >= 0.3 is 0 Å². The molecule has 0 spiro atoms. The number of hydrogen-bond donors (Lipinski definition) is 1. The molecule has 1 aromatic rings. The summed E-state index contributed by atoms with van der Waals surface area (Å²) in [5.41, 5.74) is 0.519. The topological polar surface area (TPSA) is 63.4 Å². The van der Waals surface area contributed by atoms with Crippen LogP contribution in [0.25, 0.3) is 0 Å². The Bertz CT molecular complexity index is 405. The van der Waals surface area contributed by atoms with E-state index in [9.17, 15) is 8.42 Å². The van der Waals surface area contributed by atoms with Gasteiger partial charge in [0.05, 0.1) is 5.69 Å². The van der Waals surface area contributed by atoms with Gasteiger partial charge in [-0.2, -0.15) is 8.42 Å². The van der Waals surface area contributed by atoms with E-state index in [1.54, 1.807) is 24.3 Å². The molecular formula is C7H9BrN2O2S. The highest BCUT2D eigenvalue weighted by atomic mass is 79.9. The molecule has 0 atom stereocenters. The molecule has 1 rings (SSSR count). The molecule has 0 heterocycles. The van der Waals surface area contributed by atoms with Crippen molar-refractivity contribution in [3.63, 3.8) is 0 Å². The normalized spacial score (nSPS) is 11.3. The summed E-state index contributed by atoms with van der Waals surface area (Å²) >= 11 is 3.23. The molecule has 0 unspecified atom stereocenters. The van der Waals surface area contributed by atoms with Crippen LogP contribution in [0.5, 0.6) is 0 Å². The standard InChI is InChI=1S/C7H9BrN2O2S/c1-10(13(9,11)12)7-5-3-2-4-6(7)8/h2-5H,1H3,(H2,9,11,12). The third-order valence-electron chi connectivity index (χ3n) is 1.57. The molecule has 0 aromatic heterocycles. The number of benzene rings is 1. The van der Waals surface area contributed by atoms with Crippen LogP contribution < -0.4 is 9.44 Å². The van der Waals surface area contributed by atoms with Crippen molar-refractivity contribution < 1.29 is 8.42 Å². The molecule has 72 valence electrons. The van der Waals surface area contributed by atoms with Gasteiger partial charge in [0.15, 0.2) is 0 Å². The van der Waals surface area contributed by atoms with Crippen molar-refractivity contribution in [2.24, 2.45) is 5.14 Å². The first-order chi connectivity index (χ1) is 5.93. The van der Waals surface area contributed by atoms with Crippen LogP contribution in [0.15, 0.2) is 28.7 Å². The van der Waals surface area contributed by atoms with E-state index >= 15 is 0 Å². The van der Waals surface area contributed by atoms with Gasteiger partial charge in [-0.1, -0.05) is 12.1 Å². The Hall–Kier alpha value is -0.590. The summed E-state index contributed by atoms with van der Waals surface area (Å²) in [5.74, 6) is 0. The Kier molecular flexibility index (Phi) is 2.94. The molecule has 0 fully saturated rings. The molecule has 0 radical (unpaired) electrons. The van der Waals surface area contributed by atoms with Gasteiger partial charge in [-0.15, -0.1) is 0 Å². The SMILES string of the molecule is CN(c1ccccc1Br)S(N)(=O)=O. The van der Waals surface area contributed by atoms with Crippen LogP contribution in [-0.2, 0) is 10.2 Å². The summed E-state index contributed by atoms with van der Waals surface area (Å²) in [4.78, 5) is 0. The molecule has 13 heavy (non-hydrogen) atoms. The lowest BCUT2D eigenvalue weighted by molar-refractivity contribution is 0.596. The Balaban J connectivity index is 3.17. The van der Waals surface area contributed by atoms with E-state index < -0.39 is 10.2 Å². The minimum absolute atomic E-state index is 0.519. The van der Waals surface area contributed by atoms with Gasteiger partial charge in [0, 0.05) is 11.5 Å². The van der Waals surface area contributed by atoms with Crippen molar-refractivity contribution in [1.29, 1.82) is 0 Å².